The molecule has 0 aromatic carbocycles. The lowest BCUT2D eigenvalue weighted by molar-refractivity contribution is -0.120. The fourth-order valence-corrected chi connectivity index (χ4v) is 5.18. The summed E-state index contributed by atoms with van der Waals surface area (Å²) in [6, 6.07) is 3.70. The van der Waals surface area contributed by atoms with Crippen LogP contribution in [0, 0.1) is 0 Å². The molecular weight excluding hydrogens is 547 g/mol. The zero-order chi connectivity index (χ0) is 29.6. The highest BCUT2D eigenvalue weighted by Crippen LogP contribution is 2.19. The van der Waals surface area contributed by atoms with Gasteiger partial charge < -0.3 is 10.6 Å². The Morgan fingerprint density at radius 3 is 1.71 bits per heavy atom. The van der Waals surface area contributed by atoms with Gasteiger partial charge in [-0.25, -0.2) is 0 Å². The molecule has 2 amide bonds. The van der Waals surface area contributed by atoms with Gasteiger partial charge in [-0.3, -0.25) is 14.6 Å². The van der Waals surface area contributed by atoms with E-state index in [1.54, 1.807) is 27.8 Å². The molecule has 41 heavy (non-hydrogen) atoms. The van der Waals surface area contributed by atoms with Gasteiger partial charge in [-0.1, -0.05) is 108 Å². The number of amides is 2. The Kier molecular flexibility index (Phi) is 24.2. The van der Waals surface area contributed by atoms with E-state index in [9.17, 15) is 9.59 Å². The summed E-state index contributed by atoms with van der Waals surface area (Å²) >= 11 is 0. The van der Waals surface area contributed by atoms with Gasteiger partial charge in [0.2, 0.25) is 5.91 Å². The minimum absolute atomic E-state index is 0.0880. The normalized spacial score (nSPS) is 12.2. The van der Waals surface area contributed by atoms with Crippen LogP contribution in [0.15, 0.2) is 91.2 Å². The molecule has 0 aliphatic rings. The Morgan fingerprint density at radius 1 is 0.707 bits per heavy atom. The Labute approximate surface area is 256 Å². The van der Waals surface area contributed by atoms with Crippen molar-refractivity contribution in [3.8, 4) is 0 Å². The third-order valence-electron chi connectivity index (χ3n) is 5.65. The molecule has 224 valence electrons. The van der Waals surface area contributed by atoms with E-state index < -0.39 is 0 Å². The van der Waals surface area contributed by atoms with Crippen molar-refractivity contribution in [2.45, 2.75) is 71.6 Å². The fourth-order valence-electron chi connectivity index (χ4n) is 3.37. The Bertz CT molecular complexity index is 996. The van der Waals surface area contributed by atoms with Crippen LogP contribution in [-0.2, 0) is 11.2 Å². The molecule has 0 spiro atoms. The summed E-state index contributed by atoms with van der Waals surface area (Å²) < 4.78 is 0. The Morgan fingerprint density at radius 2 is 1.22 bits per heavy atom. The molecule has 1 rings (SSSR count). The molecule has 0 saturated carbocycles. The molecule has 0 fully saturated rings. The van der Waals surface area contributed by atoms with Crippen LogP contribution in [0.25, 0.3) is 0 Å². The highest BCUT2D eigenvalue weighted by molar-refractivity contribution is 8.76. The maximum atomic E-state index is 12.1. The molecule has 0 atom stereocenters. The number of aryl methyl sites for hydroxylation is 1. The zero-order valence-corrected chi connectivity index (χ0v) is 26.6. The molecular formula is C34H49N3O2S2. The molecule has 7 heteroatoms. The van der Waals surface area contributed by atoms with Gasteiger partial charge in [-0.2, -0.15) is 0 Å². The summed E-state index contributed by atoms with van der Waals surface area (Å²) in [5.74, 6) is 1.65. The van der Waals surface area contributed by atoms with Gasteiger partial charge in [0.25, 0.3) is 5.91 Å². The van der Waals surface area contributed by atoms with Crippen LogP contribution in [0.2, 0.25) is 0 Å². The monoisotopic (exact) mass is 595 g/mol. The molecule has 1 heterocycles. The number of hydrogen-bond acceptors (Lipinski definition) is 5. The van der Waals surface area contributed by atoms with Crippen molar-refractivity contribution < 1.29 is 9.59 Å². The predicted molar refractivity (Wildman–Crippen MR) is 181 cm³/mol. The van der Waals surface area contributed by atoms with Crippen molar-refractivity contribution in [3.63, 3.8) is 0 Å². The number of nitrogens with one attached hydrogen (secondary N) is 2. The molecule has 0 aliphatic carbocycles. The second-order valence-corrected chi connectivity index (χ2v) is 11.8. The molecule has 2 N–H and O–H groups in total. The van der Waals surface area contributed by atoms with Gasteiger partial charge in [0.15, 0.2) is 0 Å². The van der Waals surface area contributed by atoms with E-state index >= 15 is 0 Å². The van der Waals surface area contributed by atoms with Gasteiger partial charge in [0.05, 0.1) is 5.56 Å². The third kappa shape index (κ3) is 22.6. The minimum Gasteiger partial charge on any atom is -0.355 e. The quantitative estimate of drug-likeness (QED) is 0.0756. The first-order valence-corrected chi connectivity index (χ1v) is 17.3. The lowest BCUT2D eigenvalue weighted by Gasteiger charge is -2.06. The van der Waals surface area contributed by atoms with E-state index in [1.165, 1.54) is 0 Å². The summed E-state index contributed by atoms with van der Waals surface area (Å²) in [5, 5.41) is 5.88. The smallest absolute Gasteiger partial charge is 0.252 e. The first-order valence-electron chi connectivity index (χ1n) is 14.8. The van der Waals surface area contributed by atoms with Crippen LogP contribution < -0.4 is 10.6 Å². The van der Waals surface area contributed by atoms with Crippen LogP contribution in [0.5, 0.6) is 0 Å². The van der Waals surface area contributed by atoms with Crippen LogP contribution in [0.1, 0.15) is 81.3 Å². The van der Waals surface area contributed by atoms with Crippen LogP contribution >= 0.6 is 21.6 Å². The van der Waals surface area contributed by atoms with E-state index in [-0.39, 0.29) is 11.8 Å². The van der Waals surface area contributed by atoms with Crippen LogP contribution in [0.3, 0.4) is 0 Å². The number of nitrogens with zero attached hydrogens (tertiary/aromatic N) is 1. The number of rotatable bonds is 23. The van der Waals surface area contributed by atoms with Gasteiger partial charge in [0, 0.05) is 42.9 Å². The SMILES string of the molecule is CCC=CCC=CCC=CCC=CCC=CCC=CCCC(=O)NCCSSCCNC(=O)c1ccc(CC)nc1. The number of hydrogen-bond donors (Lipinski definition) is 2. The largest absolute Gasteiger partial charge is 0.355 e. The first-order chi connectivity index (χ1) is 20.2. The van der Waals surface area contributed by atoms with Gasteiger partial charge in [-0.15, -0.1) is 0 Å². The molecule has 0 aliphatic heterocycles. The van der Waals surface area contributed by atoms with Crippen LogP contribution in [0.4, 0.5) is 0 Å². The number of carbonyl (C=O) groups excluding carboxylic acids is 2. The summed E-state index contributed by atoms with van der Waals surface area (Å²) in [7, 11) is 3.40. The van der Waals surface area contributed by atoms with E-state index in [2.05, 4.69) is 95.5 Å². The molecule has 0 unspecified atom stereocenters. The Balaban J connectivity index is 1.92. The van der Waals surface area contributed by atoms with Gasteiger partial charge >= 0.3 is 0 Å². The average molecular weight is 596 g/mol. The van der Waals surface area contributed by atoms with Crippen molar-refractivity contribution in [1.29, 1.82) is 0 Å². The fraction of sp³-hybridized carbons (Fsp3) is 0.441. The first kappa shape index (κ1) is 36.3. The van der Waals surface area contributed by atoms with Gasteiger partial charge in [-0.05, 0) is 63.5 Å². The number of aromatic nitrogens is 1. The van der Waals surface area contributed by atoms with E-state index in [1.807, 2.05) is 19.1 Å². The number of allylic oxidation sites excluding steroid dienone is 12. The van der Waals surface area contributed by atoms with Crippen molar-refractivity contribution in [3.05, 3.63) is 102 Å². The lowest BCUT2D eigenvalue weighted by Crippen LogP contribution is -2.26. The van der Waals surface area contributed by atoms with Crippen molar-refractivity contribution in [2.75, 3.05) is 24.6 Å². The molecule has 0 bridgehead atoms. The molecule has 0 radical (unpaired) electrons. The molecule has 1 aromatic rings. The number of carbonyl (C=O) groups is 2. The second-order valence-electron chi connectivity index (χ2n) is 9.10. The average Bonchev–Trinajstić information content (AvgIpc) is 2.99. The highest BCUT2D eigenvalue weighted by atomic mass is 33.1. The van der Waals surface area contributed by atoms with E-state index in [0.29, 0.717) is 25.1 Å². The standard InChI is InChI=1S/C34H49N3O2S2/c1-3-5-6-7-8-9-10-11-12-13-14-15-16-17-18-19-20-21-22-23-33(38)35-26-28-40-41-29-27-36-34(39)31-24-25-32(4-2)37-30-31/h5-6,8-9,11-12,14-15,17-18,20-21,24-25,30H,3-4,7,10,13,16,19,22-23,26-29H2,1-2H3,(H,35,38)(H,36,39). The predicted octanol–water partition coefficient (Wildman–Crippen LogP) is 8.35. The lowest BCUT2D eigenvalue weighted by atomic mass is 10.2. The minimum atomic E-state index is -0.0927. The summed E-state index contributed by atoms with van der Waals surface area (Å²) in [5.41, 5.74) is 1.57. The zero-order valence-electron chi connectivity index (χ0n) is 24.9. The van der Waals surface area contributed by atoms with E-state index in [4.69, 9.17) is 0 Å². The molecule has 0 saturated heterocycles. The summed E-state index contributed by atoms with van der Waals surface area (Å²) in [6.45, 7) is 5.45. The molecule has 1 aromatic heterocycles. The maximum absolute atomic E-state index is 12.1. The van der Waals surface area contributed by atoms with Crippen molar-refractivity contribution >= 4 is 33.4 Å². The molecule has 5 nitrogen and oxygen atoms in total. The third-order valence-corrected chi connectivity index (χ3v) is 8.05. The van der Waals surface area contributed by atoms with Gasteiger partial charge in [0.1, 0.15) is 0 Å². The van der Waals surface area contributed by atoms with Crippen LogP contribution in [-0.4, -0.2) is 41.4 Å². The summed E-state index contributed by atoms with van der Waals surface area (Å²) in [4.78, 5) is 28.3. The Hall–Kier alpha value is -2.77. The van der Waals surface area contributed by atoms with Crippen molar-refractivity contribution in [1.82, 2.24) is 15.6 Å². The second kappa shape index (κ2) is 27.4. The highest BCUT2D eigenvalue weighted by Gasteiger charge is 2.05. The summed E-state index contributed by atoms with van der Waals surface area (Å²) in [6.07, 6.45) is 35.9. The van der Waals surface area contributed by atoms with E-state index in [0.717, 1.165) is 68.6 Å². The van der Waals surface area contributed by atoms with Crippen molar-refractivity contribution in [2.24, 2.45) is 0 Å². The number of pyridine rings is 1. The maximum Gasteiger partial charge on any atom is 0.252 e. The topological polar surface area (TPSA) is 71.1 Å².